The number of phenols is 1. The van der Waals surface area contributed by atoms with Crippen molar-refractivity contribution in [3.8, 4) is 11.5 Å². The fourth-order valence-electron chi connectivity index (χ4n) is 4.52. The first kappa shape index (κ1) is 23.1. The molecule has 0 atom stereocenters. The molecule has 4 rings (SSSR count). The number of benzene rings is 2. The van der Waals surface area contributed by atoms with Crippen molar-refractivity contribution in [1.82, 2.24) is 15.3 Å². The van der Waals surface area contributed by atoms with Gasteiger partial charge in [-0.3, -0.25) is 0 Å². The van der Waals surface area contributed by atoms with E-state index in [4.69, 9.17) is 14.7 Å². The molecule has 1 aliphatic carbocycles. The van der Waals surface area contributed by atoms with Gasteiger partial charge in [0.05, 0.1) is 12.1 Å². The number of fused-ring (bicyclic) bond motifs is 1. The third kappa shape index (κ3) is 5.85. The lowest BCUT2D eigenvalue weighted by Gasteiger charge is -2.29. The first-order valence-electron chi connectivity index (χ1n) is 11.9. The van der Waals surface area contributed by atoms with Crippen LogP contribution in [0.25, 0.3) is 10.9 Å². The maximum absolute atomic E-state index is 9.86. The minimum Gasteiger partial charge on any atom is -0.504 e. The summed E-state index contributed by atoms with van der Waals surface area (Å²) in [6, 6.07) is 14.1. The SMILES string of the molecule is CCOc1cc(CNC[C@H]2CC[C@@H](Nc3nc(N(C)C)c4ccccc4n3)CC2)ccc1O. The number of phenolic OH excluding ortho intramolecular Hbond substituents is 1. The van der Waals surface area contributed by atoms with Crippen molar-refractivity contribution in [3.63, 3.8) is 0 Å². The molecule has 1 aromatic heterocycles. The number of nitrogens with zero attached hydrogens (tertiary/aromatic N) is 3. The summed E-state index contributed by atoms with van der Waals surface area (Å²) in [6.45, 7) is 4.23. The van der Waals surface area contributed by atoms with Crippen LogP contribution in [-0.2, 0) is 6.54 Å². The molecule has 176 valence electrons. The van der Waals surface area contributed by atoms with Crippen LogP contribution >= 0.6 is 0 Å². The van der Waals surface area contributed by atoms with Crippen molar-refractivity contribution < 1.29 is 9.84 Å². The van der Waals surface area contributed by atoms with Crippen LogP contribution in [0.2, 0.25) is 0 Å². The van der Waals surface area contributed by atoms with Crippen molar-refractivity contribution in [3.05, 3.63) is 48.0 Å². The molecule has 0 saturated heterocycles. The number of rotatable bonds is 9. The lowest BCUT2D eigenvalue weighted by atomic mass is 9.86. The van der Waals surface area contributed by atoms with Gasteiger partial charge < -0.3 is 25.4 Å². The normalized spacial score (nSPS) is 18.3. The Balaban J connectivity index is 1.27. The monoisotopic (exact) mass is 449 g/mol. The first-order chi connectivity index (χ1) is 16.0. The van der Waals surface area contributed by atoms with Crippen LogP contribution in [0, 0.1) is 5.92 Å². The van der Waals surface area contributed by atoms with Crippen LogP contribution in [-0.4, -0.2) is 48.4 Å². The molecule has 3 aromatic rings. The van der Waals surface area contributed by atoms with Gasteiger partial charge in [0.25, 0.3) is 0 Å². The van der Waals surface area contributed by atoms with Gasteiger partial charge in [-0.2, -0.15) is 4.98 Å². The van der Waals surface area contributed by atoms with Crippen LogP contribution in [0.15, 0.2) is 42.5 Å². The second kappa shape index (κ2) is 10.7. The number of hydrogen-bond donors (Lipinski definition) is 3. The summed E-state index contributed by atoms with van der Waals surface area (Å²) in [5, 5.41) is 18.1. The van der Waals surface area contributed by atoms with Crippen LogP contribution in [0.3, 0.4) is 0 Å². The van der Waals surface area contributed by atoms with Gasteiger partial charge in [0.2, 0.25) is 5.95 Å². The highest BCUT2D eigenvalue weighted by atomic mass is 16.5. The van der Waals surface area contributed by atoms with Gasteiger partial charge in [0.15, 0.2) is 11.5 Å². The minimum absolute atomic E-state index is 0.194. The van der Waals surface area contributed by atoms with Crippen molar-refractivity contribution in [2.24, 2.45) is 5.92 Å². The zero-order valence-corrected chi connectivity index (χ0v) is 19.8. The molecule has 7 nitrogen and oxygen atoms in total. The molecule has 33 heavy (non-hydrogen) atoms. The highest BCUT2D eigenvalue weighted by Gasteiger charge is 2.22. The predicted molar refractivity (Wildman–Crippen MR) is 134 cm³/mol. The molecule has 1 heterocycles. The number of anilines is 2. The molecule has 0 radical (unpaired) electrons. The Morgan fingerprint density at radius 2 is 1.85 bits per heavy atom. The molecular weight excluding hydrogens is 414 g/mol. The van der Waals surface area contributed by atoms with E-state index in [1.165, 1.54) is 12.8 Å². The molecule has 1 saturated carbocycles. The van der Waals surface area contributed by atoms with E-state index in [-0.39, 0.29) is 5.75 Å². The van der Waals surface area contributed by atoms with Gasteiger partial charge in [-0.1, -0.05) is 18.2 Å². The van der Waals surface area contributed by atoms with E-state index in [1.54, 1.807) is 6.07 Å². The molecule has 0 unspecified atom stereocenters. The lowest BCUT2D eigenvalue weighted by Crippen LogP contribution is -2.31. The highest BCUT2D eigenvalue weighted by Crippen LogP contribution is 2.29. The average Bonchev–Trinajstić information content (AvgIpc) is 2.82. The number of aromatic nitrogens is 2. The Bertz CT molecular complexity index is 1060. The molecular formula is C26H35N5O2. The molecule has 0 bridgehead atoms. The summed E-state index contributed by atoms with van der Waals surface area (Å²) in [6.07, 6.45) is 4.60. The van der Waals surface area contributed by atoms with E-state index >= 15 is 0 Å². The fraction of sp³-hybridized carbons (Fsp3) is 0.462. The first-order valence-corrected chi connectivity index (χ1v) is 11.9. The number of para-hydroxylation sites is 1. The third-order valence-electron chi connectivity index (χ3n) is 6.27. The van der Waals surface area contributed by atoms with Gasteiger partial charge in [0, 0.05) is 32.1 Å². The van der Waals surface area contributed by atoms with E-state index in [0.29, 0.717) is 24.3 Å². The summed E-state index contributed by atoms with van der Waals surface area (Å²) in [5.41, 5.74) is 2.09. The van der Waals surface area contributed by atoms with E-state index < -0.39 is 0 Å². The van der Waals surface area contributed by atoms with Crippen LogP contribution < -0.4 is 20.3 Å². The second-order valence-electron chi connectivity index (χ2n) is 9.01. The standard InChI is InChI=1S/C26H35N5O2/c1-4-33-24-15-19(11-14-23(24)32)17-27-16-18-9-12-20(13-10-18)28-26-29-22-8-6-5-7-21(22)25(30-26)31(2)3/h5-8,11,14-15,18,20,27,32H,4,9-10,12-13,16-17H2,1-3H3,(H,28,29,30)/t18-,20+. The van der Waals surface area contributed by atoms with E-state index in [0.717, 1.165) is 54.2 Å². The Labute approximate surface area is 196 Å². The van der Waals surface area contributed by atoms with Crippen molar-refractivity contribution >= 4 is 22.7 Å². The minimum atomic E-state index is 0.194. The van der Waals surface area contributed by atoms with Gasteiger partial charge >= 0.3 is 0 Å². The summed E-state index contributed by atoms with van der Waals surface area (Å²) in [7, 11) is 4.04. The van der Waals surface area contributed by atoms with E-state index in [1.807, 2.05) is 56.3 Å². The lowest BCUT2D eigenvalue weighted by molar-refractivity contribution is 0.316. The third-order valence-corrected chi connectivity index (χ3v) is 6.27. The van der Waals surface area contributed by atoms with Gasteiger partial charge in [-0.15, -0.1) is 0 Å². The largest absolute Gasteiger partial charge is 0.504 e. The Morgan fingerprint density at radius 1 is 1.06 bits per heavy atom. The summed E-state index contributed by atoms with van der Waals surface area (Å²) in [4.78, 5) is 11.6. The van der Waals surface area contributed by atoms with Crippen LogP contribution in [0.1, 0.15) is 38.2 Å². The van der Waals surface area contributed by atoms with Crippen molar-refractivity contribution in [2.45, 2.75) is 45.2 Å². The molecule has 2 aromatic carbocycles. The molecule has 3 N–H and O–H groups in total. The maximum atomic E-state index is 9.86. The molecule has 1 fully saturated rings. The number of nitrogens with one attached hydrogen (secondary N) is 2. The zero-order chi connectivity index (χ0) is 23.2. The summed E-state index contributed by atoms with van der Waals surface area (Å²) >= 11 is 0. The average molecular weight is 450 g/mol. The molecule has 0 amide bonds. The van der Waals surface area contributed by atoms with Crippen molar-refractivity contribution in [2.75, 3.05) is 37.5 Å². The fourth-order valence-corrected chi connectivity index (χ4v) is 4.52. The second-order valence-corrected chi connectivity index (χ2v) is 9.01. The zero-order valence-electron chi connectivity index (χ0n) is 19.8. The molecule has 0 aliphatic heterocycles. The Kier molecular flexibility index (Phi) is 7.50. The summed E-state index contributed by atoms with van der Waals surface area (Å²) in [5.74, 6) is 3.08. The quantitative estimate of drug-likeness (QED) is 0.442. The molecule has 0 spiro atoms. The number of hydrogen-bond acceptors (Lipinski definition) is 7. The van der Waals surface area contributed by atoms with E-state index in [2.05, 4.69) is 16.7 Å². The van der Waals surface area contributed by atoms with Gasteiger partial charge in [-0.25, -0.2) is 4.98 Å². The topological polar surface area (TPSA) is 82.5 Å². The van der Waals surface area contributed by atoms with E-state index in [9.17, 15) is 5.11 Å². The Morgan fingerprint density at radius 3 is 2.61 bits per heavy atom. The van der Waals surface area contributed by atoms with Crippen molar-refractivity contribution in [1.29, 1.82) is 0 Å². The van der Waals surface area contributed by atoms with Crippen LogP contribution in [0.4, 0.5) is 11.8 Å². The smallest absolute Gasteiger partial charge is 0.225 e. The van der Waals surface area contributed by atoms with Crippen LogP contribution in [0.5, 0.6) is 11.5 Å². The maximum Gasteiger partial charge on any atom is 0.225 e. The van der Waals surface area contributed by atoms with Gasteiger partial charge in [0.1, 0.15) is 5.82 Å². The Hall–Kier alpha value is -3.06. The number of ether oxygens (including phenoxy) is 1. The number of aromatic hydroxyl groups is 1. The molecule has 7 heteroatoms. The molecule has 1 aliphatic rings. The predicted octanol–water partition coefficient (Wildman–Crippen LogP) is 4.56. The van der Waals surface area contributed by atoms with Gasteiger partial charge in [-0.05, 0) is 74.9 Å². The summed E-state index contributed by atoms with van der Waals surface area (Å²) < 4.78 is 5.48. The highest BCUT2D eigenvalue weighted by molar-refractivity contribution is 5.90.